The number of nitrogens with zero attached hydrogens (tertiary/aromatic N) is 2. The molecule has 1 amide bonds. The summed E-state index contributed by atoms with van der Waals surface area (Å²) in [6, 6.07) is 1.92. The summed E-state index contributed by atoms with van der Waals surface area (Å²) in [5.74, 6) is 0.151. The van der Waals surface area contributed by atoms with Gasteiger partial charge in [0.05, 0.1) is 6.07 Å². The third kappa shape index (κ3) is 5.05. The zero-order valence-electron chi connectivity index (χ0n) is 11.5. The molecule has 0 aromatic carbocycles. The normalized spacial score (nSPS) is 19.6. The van der Waals surface area contributed by atoms with Gasteiger partial charge in [-0.1, -0.05) is 39.0 Å². The van der Waals surface area contributed by atoms with Crippen LogP contribution in [0.2, 0.25) is 0 Å². The Morgan fingerprint density at radius 3 is 2.78 bits per heavy atom. The fraction of sp³-hybridized carbons (Fsp3) is 0.857. The van der Waals surface area contributed by atoms with Crippen LogP contribution in [0.5, 0.6) is 0 Å². The molecule has 4 heteroatoms. The zero-order chi connectivity index (χ0) is 13.2. The van der Waals surface area contributed by atoms with E-state index < -0.39 is 0 Å². The van der Waals surface area contributed by atoms with Gasteiger partial charge >= 0.3 is 0 Å². The highest BCUT2D eigenvalue weighted by Gasteiger charge is 2.25. The largest absolute Gasteiger partial charge is 0.324 e. The van der Waals surface area contributed by atoms with Crippen molar-refractivity contribution in [3.8, 4) is 6.07 Å². The molecular formula is C14H25N3O. The number of nitriles is 1. The van der Waals surface area contributed by atoms with Gasteiger partial charge in [0.1, 0.15) is 6.04 Å². The van der Waals surface area contributed by atoms with Gasteiger partial charge < -0.3 is 10.2 Å². The van der Waals surface area contributed by atoms with Gasteiger partial charge in [0.25, 0.3) is 0 Å². The van der Waals surface area contributed by atoms with E-state index in [2.05, 4.69) is 18.3 Å². The molecule has 0 aromatic rings. The average Bonchev–Trinajstić information content (AvgIpc) is 2.42. The molecule has 1 heterocycles. The highest BCUT2D eigenvalue weighted by Crippen LogP contribution is 2.10. The van der Waals surface area contributed by atoms with Crippen LogP contribution in [0, 0.1) is 11.3 Å². The van der Waals surface area contributed by atoms with Crippen molar-refractivity contribution in [3.63, 3.8) is 0 Å². The summed E-state index contributed by atoms with van der Waals surface area (Å²) in [5, 5.41) is 12.1. The van der Waals surface area contributed by atoms with Crippen LogP contribution in [0.3, 0.4) is 0 Å². The smallest absolute Gasteiger partial charge is 0.223 e. The molecule has 0 bridgehead atoms. The maximum Gasteiger partial charge on any atom is 0.223 e. The monoisotopic (exact) mass is 251 g/mol. The lowest BCUT2D eigenvalue weighted by Gasteiger charge is -2.32. The summed E-state index contributed by atoms with van der Waals surface area (Å²) in [5.41, 5.74) is 0. The van der Waals surface area contributed by atoms with Crippen LogP contribution in [0.15, 0.2) is 0 Å². The number of hydrogen-bond acceptors (Lipinski definition) is 3. The summed E-state index contributed by atoms with van der Waals surface area (Å²) < 4.78 is 0. The molecule has 1 saturated heterocycles. The van der Waals surface area contributed by atoms with Gasteiger partial charge in [-0.3, -0.25) is 4.79 Å². The first-order valence-electron chi connectivity index (χ1n) is 7.19. The van der Waals surface area contributed by atoms with Crippen molar-refractivity contribution in [3.05, 3.63) is 0 Å². The number of nitrogens with one attached hydrogen (secondary N) is 1. The van der Waals surface area contributed by atoms with E-state index in [0.29, 0.717) is 19.5 Å². The molecule has 1 aliphatic heterocycles. The molecule has 102 valence electrons. The van der Waals surface area contributed by atoms with Crippen LogP contribution >= 0.6 is 0 Å². The van der Waals surface area contributed by atoms with E-state index in [4.69, 9.17) is 5.26 Å². The maximum absolute atomic E-state index is 12.0. The summed E-state index contributed by atoms with van der Waals surface area (Å²) in [6.45, 7) is 4.29. The Labute approximate surface area is 110 Å². The molecule has 1 fully saturated rings. The number of piperazine rings is 1. The summed E-state index contributed by atoms with van der Waals surface area (Å²) in [7, 11) is 0. The van der Waals surface area contributed by atoms with Crippen LogP contribution < -0.4 is 5.32 Å². The van der Waals surface area contributed by atoms with E-state index in [-0.39, 0.29) is 11.9 Å². The van der Waals surface area contributed by atoms with E-state index in [1.54, 1.807) is 4.90 Å². The quantitative estimate of drug-likeness (QED) is 0.705. The van der Waals surface area contributed by atoms with Crippen molar-refractivity contribution in [2.45, 2.75) is 57.9 Å². The predicted octanol–water partition coefficient (Wildman–Crippen LogP) is 2.06. The van der Waals surface area contributed by atoms with E-state index >= 15 is 0 Å². The van der Waals surface area contributed by atoms with Crippen molar-refractivity contribution in [2.75, 3.05) is 19.6 Å². The Hall–Kier alpha value is -1.08. The van der Waals surface area contributed by atoms with Gasteiger partial charge in [-0.05, 0) is 6.42 Å². The third-order valence-electron chi connectivity index (χ3n) is 3.46. The third-order valence-corrected chi connectivity index (χ3v) is 3.46. The number of carbonyl (C=O) groups excluding carboxylic acids is 1. The first-order valence-corrected chi connectivity index (χ1v) is 7.19. The topological polar surface area (TPSA) is 56.1 Å². The fourth-order valence-corrected chi connectivity index (χ4v) is 2.32. The van der Waals surface area contributed by atoms with Crippen molar-refractivity contribution < 1.29 is 4.79 Å². The number of amides is 1. The van der Waals surface area contributed by atoms with Crippen molar-refractivity contribution >= 4 is 5.91 Å². The lowest BCUT2D eigenvalue weighted by atomic mass is 10.1. The standard InChI is InChI=1S/C14H25N3O/c1-2-3-4-5-6-7-8-14(18)17-10-9-16-12-13(17)11-15/h13,16H,2-10,12H2,1H3. The molecule has 1 rings (SSSR count). The van der Waals surface area contributed by atoms with E-state index in [9.17, 15) is 4.79 Å². The van der Waals surface area contributed by atoms with Crippen molar-refractivity contribution in [2.24, 2.45) is 0 Å². The second-order valence-electron chi connectivity index (χ2n) is 4.95. The van der Waals surface area contributed by atoms with Gasteiger partial charge in [-0.25, -0.2) is 0 Å². The molecule has 1 N–H and O–H groups in total. The van der Waals surface area contributed by atoms with Crippen molar-refractivity contribution in [1.82, 2.24) is 10.2 Å². The lowest BCUT2D eigenvalue weighted by Crippen LogP contribution is -2.52. The second-order valence-corrected chi connectivity index (χ2v) is 4.95. The molecule has 1 aliphatic rings. The molecule has 0 saturated carbocycles. The van der Waals surface area contributed by atoms with E-state index in [1.807, 2.05) is 0 Å². The van der Waals surface area contributed by atoms with Crippen LogP contribution in [-0.4, -0.2) is 36.5 Å². The maximum atomic E-state index is 12.0. The number of rotatable bonds is 7. The zero-order valence-corrected chi connectivity index (χ0v) is 11.5. The number of carbonyl (C=O) groups is 1. The Bertz CT molecular complexity index is 285. The van der Waals surface area contributed by atoms with E-state index in [1.165, 1.54) is 25.7 Å². The summed E-state index contributed by atoms with van der Waals surface area (Å²) in [4.78, 5) is 13.7. The van der Waals surface area contributed by atoms with Crippen LogP contribution in [-0.2, 0) is 4.79 Å². The molecule has 4 nitrogen and oxygen atoms in total. The Balaban J connectivity index is 2.17. The van der Waals surface area contributed by atoms with Crippen LogP contribution in [0.4, 0.5) is 0 Å². The first kappa shape index (κ1) is 15.0. The number of unbranched alkanes of at least 4 members (excludes halogenated alkanes) is 5. The highest BCUT2D eigenvalue weighted by molar-refractivity contribution is 5.77. The fourth-order valence-electron chi connectivity index (χ4n) is 2.32. The molecule has 1 unspecified atom stereocenters. The van der Waals surface area contributed by atoms with E-state index in [0.717, 1.165) is 19.4 Å². The van der Waals surface area contributed by atoms with Gasteiger partial charge in [0.2, 0.25) is 5.91 Å². The van der Waals surface area contributed by atoms with Crippen LogP contribution in [0.1, 0.15) is 51.9 Å². The van der Waals surface area contributed by atoms with Crippen LogP contribution in [0.25, 0.3) is 0 Å². The molecule has 0 radical (unpaired) electrons. The minimum absolute atomic E-state index is 0.151. The van der Waals surface area contributed by atoms with Crippen molar-refractivity contribution in [1.29, 1.82) is 5.26 Å². The number of hydrogen-bond donors (Lipinski definition) is 1. The Morgan fingerprint density at radius 2 is 2.06 bits per heavy atom. The average molecular weight is 251 g/mol. The molecular weight excluding hydrogens is 226 g/mol. The molecule has 0 aliphatic carbocycles. The second kappa shape index (κ2) is 8.93. The van der Waals surface area contributed by atoms with Gasteiger partial charge in [0, 0.05) is 26.1 Å². The molecule has 18 heavy (non-hydrogen) atoms. The Kier molecular flexibility index (Phi) is 7.43. The minimum Gasteiger partial charge on any atom is -0.324 e. The van der Waals surface area contributed by atoms with Gasteiger partial charge in [-0.2, -0.15) is 5.26 Å². The first-order chi connectivity index (χ1) is 8.79. The van der Waals surface area contributed by atoms with Gasteiger partial charge in [0.15, 0.2) is 0 Å². The molecule has 1 atom stereocenters. The highest BCUT2D eigenvalue weighted by atomic mass is 16.2. The summed E-state index contributed by atoms with van der Waals surface area (Å²) in [6.07, 6.45) is 7.75. The molecule has 0 aromatic heterocycles. The minimum atomic E-state index is -0.272. The SMILES string of the molecule is CCCCCCCCC(=O)N1CCNCC1C#N. The summed E-state index contributed by atoms with van der Waals surface area (Å²) >= 11 is 0. The Morgan fingerprint density at radius 1 is 1.33 bits per heavy atom. The van der Waals surface area contributed by atoms with Gasteiger partial charge in [-0.15, -0.1) is 0 Å². The molecule has 0 spiro atoms. The lowest BCUT2D eigenvalue weighted by molar-refractivity contribution is -0.133. The predicted molar refractivity (Wildman–Crippen MR) is 72.0 cm³/mol.